The second-order valence-corrected chi connectivity index (χ2v) is 5.93. The number of cyclic esters (lactones) is 1. The van der Waals surface area contributed by atoms with Crippen molar-refractivity contribution < 1.29 is 23.9 Å². The normalized spacial score (nSPS) is 15.4. The van der Waals surface area contributed by atoms with Crippen molar-refractivity contribution in [3.63, 3.8) is 0 Å². The van der Waals surface area contributed by atoms with Gasteiger partial charge in [-0.25, -0.2) is 9.69 Å². The maximum atomic E-state index is 12.6. The van der Waals surface area contributed by atoms with Crippen molar-refractivity contribution in [2.75, 3.05) is 26.0 Å². The predicted molar refractivity (Wildman–Crippen MR) is 81.9 cm³/mol. The van der Waals surface area contributed by atoms with E-state index in [1.54, 1.807) is 31.4 Å². The highest BCUT2D eigenvalue weighted by molar-refractivity contribution is 8.13. The quantitative estimate of drug-likeness (QED) is 0.825. The van der Waals surface area contributed by atoms with Crippen LogP contribution in [0.5, 0.6) is 5.75 Å². The molecule has 1 aliphatic rings. The highest BCUT2D eigenvalue weighted by atomic mass is 32.2. The Bertz CT molecular complexity index is 572. The van der Waals surface area contributed by atoms with Gasteiger partial charge in [0.1, 0.15) is 12.4 Å². The molecule has 0 unspecified atom stereocenters. The van der Waals surface area contributed by atoms with Crippen molar-refractivity contribution in [3.8, 4) is 5.75 Å². The lowest BCUT2D eigenvalue weighted by atomic mass is 9.99. The molecule has 0 bridgehead atoms. The van der Waals surface area contributed by atoms with Gasteiger partial charge in [-0.2, -0.15) is 0 Å². The van der Waals surface area contributed by atoms with Crippen LogP contribution in [0.15, 0.2) is 24.3 Å². The van der Waals surface area contributed by atoms with Gasteiger partial charge < -0.3 is 9.47 Å². The first-order valence-electron chi connectivity index (χ1n) is 6.78. The van der Waals surface area contributed by atoms with E-state index in [-0.39, 0.29) is 29.9 Å². The lowest BCUT2D eigenvalue weighted by Gasteiger charge is -2.20. The molecule has 1 heterocycles. The van der Waals surface area contributed by atoms with Gasteiger partial charge >= 0.3 is 6.09 Å². The van der Waals surface area contributed by atoms with Crippen LogP contribution in [-0.4, -0.2) is 48.0 Å². The Kier molecular flexibility index (Phi) is 5.43. The summed E-state index contributed by atoms with van der Waals surface area (Å²) >= 11 is 1.06. The number of methoxy groups -OCH3 is 1. The van der Waals surface area contributed by atoms with Crippen LogP contribution >= 0.6 is 11.8 Å². The Labute approximate surface area is 132 Å². The van der Waals surface area contributed by atoms with E-state index in [2.05, 4.69) is 0 Å². The number of imide groups is 1. The molecule has 2 rings (SSSR count). The topological polar surface area (TPSA) is 72.9 Å². The maximum absolute atomic E-state index is 12.6. The van der Waals surface area contributed by atoms with Crippen molar-refractivity contribution in [1.82, 2.24) is 4.90 Å². The Morgan fingerprint density at radius 1 is 1.36 bits per heavy atom. The molecule has 1 atom stereocenters. The molecule has 7 heteroatoms. The molecular formula is C15H17NO5S. The number of hydrogen-bond donors (Lipinski definition) is 0. The first kappa shape index (κ1) is 16.4. The SMILES string of the molecule is COc1ccc([C@@H](CSC(C)=O)C(=O)N2CCOC2=O)cc1. The van der Waals surface area contributed by atoms with Crippen LogP contribution in [0.3, 0.4) is 0 Å². The molecule has 0 radical (unpaired) electrons. The molecule has 6 nitrogen and oxygen atoms in total. The van der Waals surface area contributed by atoms with Gasteiger partial charge in [0.05, 0.1) is 19.6 Å². The third kappa shape index (κ3) is 3.79. The lowest BCUT2D eigenvalue weighted by Crippen LogP contribution is -2.36. The largest absolute Gasteiger partial charge is 0.497 e. The van der Waals surface area contributed by atoms with E-state index in [4.69, 9.17) is 9.47 Å². The number of rotatable bonds is 5. The average Bonchev–Trinajstić information content (AvgIpc) is 2.93. The summed E-state index contributed by atoms with van der Waals surface area (Å²) in [6.45, 7) is 1.90. The van der Waals surface area contributed by atoms with Gasteiger partial charge in [0.25, 0.3) is 0 Å². The number of hydrogen-bond acceptors (Lipinski definition) is 6. The number of carbonyl (C=O) groups is 3. The molecule has 0 aromatic heterocycles. The minimum absolute atomic E-state index is 0.0738. The first-order chi connectivity index (χ1) is 10.5. The van der Waals surface area contributed by atoms with E-state index < -0.39 is 12.0 Å². The minimum Gasteiger partial charge on any atom is -0.497 e. The fraction of sp³-hybridized carbons (Fsp3) is 0.400. The smallest absolute Gasteiger partial charge is 0.416 e. The molecule has 118 valence electrons. The third-order valence-corrected chi connectivity index (χ3v) is 4.20. The molecule has 1 aromatic carbocycles. The number of thioether (sulfide) groups is 1. The standard InChI is InChI=1S/C15H17NO5S/c1-10(17)22-9-13(11-3-5-12(20-2)6-4-11)14(18)16-7-8-21-15(16)19/h3-6,13H,7-9H2,1-2H3/t13-/m1/s1. The number of carbonyl (C=O) groups excluding carboxylic acids is 3. The fourth-order valence-electron chi connectivity index (χ4n) is 2.13. The van der Waals surface area contributed by atoms with Crippen LogP contribution in [0.1, 0.15) is 18.4 Å². The van der Waals surface area contributed by atoms with E-state index >= 15 is 0 Å². The summed E-state index contributed by atoms with van der Waals surface area (Å²) in [6, 6.07) is 7.03. The van der Waals surface area contributed by atoms with Gasteiger partial charge in [-0.05, 0) is 17.7 Å². The second-order valence-electron chi connectivity index (χ2n) is 4.73. The Hall–Kier alpha value is -2.02. The van der Waals surface area contributed by atoms with Crippen molar-refractivity contribution in [1.29, 1.82) is 0 Å². The van der Waals surface area contributed by atoms with Crippen LogP contribution in [0, 0.1) is 0 Å². The fourth-order valence-corrected chi connectivity index (χ4v) is 2.87. The van der Waals surface area contributed by atoms with Gasteiger partial charge in [-0.3, -0.25) is 9.59 Å². The Morgan fingerprint density at radius 2 is 2.05 bits per heavy atom. The van der Waals surface area contributed by atoms with Gasteiger partial charge in [-0.15, -0.1) is 0 Å². The monoisotopic (exact) mass is 323 g/mol. The average molecular weight is 323 g/mol. The molecule has 0 saturated carbocycles. The van der Waals surface area contributed by atoms with Crippen molar-refractivity contribution in [2.24, 2.45) is 0 Å². The van der Waals surface area contributed by atoms with E-state index in [1.165, 1.54) is 6.92 Å². The molecule has 22 heavy (non-hydrogen) atoms. The van der Waals surface area contributed by atoms with Crippen LogP contribution < -0.4 is 4.74 Å². The van der Waals surface area contributed by atoms with Crippen LogP contribution in [0.25, 0.3) is 0 Å². The summed E-state index contributed by atoms with van der Waals surface area (Å²) in [5, 5.41) is -0.0738. The molecule has 1 aromatic rings. The molecule has 0 N–H and O–H groups in total. The summed E-state index contributed by atoms with van der Waals surface area (Å²) in [4.78, 5) is 36.5. The van der Waals surface area contributed by atoms with E-state index in [0.29, 0.717) is 5.75 Å². The third-order valence-electron chi connectivity index (χ3n) is 3.30. The van der Waals surface area contributed by atoms with E-state index in [0.717, 1.165) is 22.2 Å². The Morgan fingerprint density at radius 3 is 2.55 bits per heavy atom. The molecule has 0 spiro atoms. The minimum atomic E-state index is -0.628. The number of benzene rings is 1. The highest BCUT2D eigenvalue weighted by Crippen LogP contribution is 2.26. The predicted octanol–water partition coefficient (Wildman–Crippen LogP) is 2.04. The zero-order valence-corrected chi connectivity index (χ0v) is 13.2. The molecule has 2 amide bonds. The molecule has 1 fully saturated rings. The highest BCUT2D eigenvalue weighted by Gasteiger charge is 2.34. The molecule has 0 aliphatic carbocycles. The van der Waals surface area contributed by atoms with E-state index in [1.807, 2.05) is 0 Å². The van der Waals surface area contributed by atoms with Crippen LogP contribution in [-0.2, 0) is 14.3 Å². The summed E-state index contributed by atoms with van der Waals surface area (Å²) in [5.41, 5.74) is 0.735. The summed E-state index contributed by atoms with van der Waals surface area (Å²) in [6.07, 6.45) is -0.628. The Balaban J connectivity index is 2.22. The van der Waals surface area contributed by atoms with Gasteiger partial charge in [0, 0.05) is 12.7 Å². The zero-order chi connectivity index (χ0) is 16.1. The molecular weight excluding hydrogens is 306 g/mol. The maximum Gasteiger partial charge on any atom is 0.416 e. The van der Waals surface area contributed by atoms with Crippen molar-refractivity contribution >= 4 is 28.9 Å². The molecule has 1 aliphatic heterocycles. The molecule has 1 saturated heterocycles. The van der Waals surface area contributed by atoms with Crippen molar-refractivity contribution in [3.05, 3.63) is 29.8 Å². The van der Waals surface area contributed by atoms with Gasteiger partial charge in [-0.1, -0.05) is 23.9 Å². The van der Waals surface area contributed by atoms with Gasteiger partial charge in [0.2, 0.25) is 5.91 Å². The summed E-state index contributed by atoms with van der Waals surface area (Å²) < 4.78 is 9.90. The van der Waals surface area contributed by atoms with Crippen LogP contribution in [0.2, 0.25) is 0 Å². The first-order valence-corrected chi connectivity index (χ1v) is 7.77. The summed E-state index contributed by atoms with van der Waals surface area (Å²) in [5.74, 6) is 0.0335. The van der Waals surface area contributed by atoms with E-state index in [9.17, 15) is 14.4 Å². The lowest BCUT2D eigenvalue weighted by molar-refractivity contribution is -0.128. The number of nitrogens with zero attached hydrogens (tertiary/aromatic N) is 1. The van der Waals surface area contributed by atoms with Crippen molar-refractivity contribution in [2.45, 2.75) is 12.8 Å². The summed E-state index contributed by atoms with van der Waals surface area (Å²) in [7, 11) is 1.56. The second kappa shape index (κ2) is 7.31. The van der Waals surface area contributed by atoms with Crippen LogP contribution in [0.4, 0.5) is 4.79 Å². The number of ether oxygens (including phenoxy) is 2. The van der Waals surface area contributed by atoms with Gasteiger partial charge in [0.15, 0.2) is 5.12 Å². The zero-order valence-electron chi connectivity index (χ0n) is 12.4. The number of amides is 2.